The Balaban J connectivity index is 1.93. The van der Waals surface area contributed by atoms with Crippen LogP contribution >= 0.6 is 11.8 Å². The van der Waals surface area contributed by atoms with Crippen molar-refractivity contribution in [2.45, 2.75) is 42.7 Å². The van der Waals surface area contributed by atoms with Crippen LogP contribution in [0.15, 0.2) is 30.3 Å². The number of benzene rings is 1. The summed E-state index contributed by atoms with van der Waals surface area (Å²) >= 11 is 1.31. The Hall–Kier alpha value is -2.22. The number of aliphatic carboxylic acids is 1. The van der Waals surface area contributed by atoms with Crippen LogP contribution < -0.4 is 10.1 Å². The van der Waals surface area contributed by atoms with Gasteiger partial charge in [-0.15, -0.1) is 11.8 Å². The molecule has 24 heavy (non-hydrogen) atoms. The number of carbonyl (C=O) groups is 3. The molecular weight excluding hydrogens is 332 g/mol. The fourth-order valence-corrected chi connectivity index (χ4v) is 4.89. The normalized spacial score (nSPS) is 30.3. The molecule has 2 heterocycles. The number of nitrogens with one attached hydrogen (secondary N) is 1. The first-order chi connectivity index (χ1) is 11.2. The van der Waals surface area contributed by atoms with Gasteiger partial charge in [0.25, 0.3) is 5.91 Å². The Morgan fingerprint density at radius 1 is 1.29 bits per heavy atom. The molecule has 0 spiro atoms. The van der Waals surface area contributed by atoms with Gasteiger partial charge in [0.1, 0.15) is 11.1 Å². The standard InChI is InChI=1S/C16H18N2O5S/c1-9(19)17-16(14(21)22)15(2,3)24-13-11(12(20)18(13)16)23-10-7-5-4-6-8-10/h4-8,11,13H,1-3H3,(H,17,19)(H,21,22)/t11?,13-,16?/m1/s1. The first-order valence-electron chi connectivity index (χ1n) is 7.45. The van der Waals surface area contributed by atoms with Crippen LogP contribution in [0.4, 0.5) is 0 Å². The number of amides is 2. The van der Waals surface area contributed by atoms with Crippen molar-refractivity contribution in [3.05, 3.63) is 30.3 Å². The molecule has 0 bridgehead atoms. The first-order valence-corrected chi connectivity index (χ1v) is 8.33. The number of carboxylic acids is 1. The van der Waals surface area contributed by atoms with E-state index < -0.39 is 39.7 Å². The smallest absolute Gasteiger partial charge is 0.352 e. The molecule has 2 saturated heterocycles. The topological polar surface area (TPSA) is 95.9 Å². The quantitative estimate of drug-likeness (QED) is 0.788. The summed E-state index contributed by atoms with van der Waals surface area (Å²) in [7, 11) is 0. The summed E-state index contributed by atoms with van der Waals surface area (Å²) < 4.78 is 4.81. The average molecular weight is 350 g/mol. The van der Waals surface area contributed by atoms with Crippen LogP contribution in [-0.2, 0) is 14.4 Å². The molecule has 0 aliphatic carbocycles. The van der Waals surface area contributed by atoms with E-state index in [-0.39, 0.29) is 0 Å². The summed E-state index contributed by atoms with van der Waals surface area (Å²) in [4.78, 5) is 37.4. The number of carbonyl (C=O) groups excluding carboxylic acids is 2. The third kappa shape index (κ3) is 2.16. The molecule has 0 radical (unpaired) electrons. The Morgan fingerprint density at radius 2 is 1.92 bits per heavy atom. The van der Waals surface area contributed by atoms with Crippen molar-refractivity contribution in [1.29, 1.82) is 0 Å². The first kappa shape index (κ1) is 16.6. The van der Waals surface area contributed by atoms with E-state index >= 15 is 0 Å². The molecule has 1 aromatic rings. The summed E-state index contributed by atoms with van der Waals surface area (Å²) in [5.41, 5.74) is -1.79. The molecule has 2 amide bonds. The van der Waals surface area contributed by atoms with E-state index in [9.17, 15) is 19.5 Å². The van der Waals surface area contributed by atoms with Gasteiger partial charge in [0.15, 0.2) is 0 Å². The van der Waals surface area contributed by atoms with Crippen LogP contribution in [0.2, 0.25) is 0 Å². The van der Waals surface area contributed by atoms with Crippen LogP contribution in [0.3, 0.4) is 0 Å². The number of carboxylic acid groups (broad SMARTS) is 1. The minimum Gasteiger partial charge on any atom is -0.478 e. The number of ether oxygens (including phenoxy) is 1. The maximum Gasteiger partial charge on any atom is 0.352 e. The monoisotopic (exact) mass is 350 g/mol. The van der Waals surface area contributed by atoms with E-state index in [1.165, 1.54) is 23.6 Å². The number of fused-ring (bicyclic) bond motifs is 1. The van der Waals surface area contributed by atoms with Gasteiger partial charge in [0.05, 0.1) is 4.75 Å². The average Bonchev–Trinajstić information content (AvgIpc) is 2.71. The number of β-lactam (4-membered cyclic amide) rings is 1. The third-order valence-electron chi connectivity index (χ3n) is 4.32. The van der Waals surface area contributed by atoms with Gasteiger partial charge in [-0.2, -0.15) is 0 Å². The third-order valence-corrected chi connectivity index (χ3v) is 5.90. The molecule has 1 aromatic carbocycles. The number of para-hydroxylation sites is 1. The fourth-order valence-electron chi connectivity index (χ4n) is 3.22. The molecule has 0 saturated carbocycles. The molecule has 2 aliphatic rings. The minimum atomic E-state index is -1.79. The maximum atomic E-state index is 12.6. The van der Waals surface area contributed by atoms with E-state index in [1.54, 1.807) is 38.1 Å². The van der Waals surface area contributed by atoms with Gasteiger partial charge < -0.3 is 15.2 Å². The fraction of sp³-hybridized carbons (Fsp3) is 0.438. The van der Waals surface area contributed by atoms with E-state index in [4.69, 9.17) is 4.74 Å². The number of nitrogens with zero attached hydrogens (tertiary/aromatic N) is 1. The van der Waals surface area contributed by atoms with Crippen molar-refractivity contribution >= 4 is 29.5 Å². The lowest BCUT2D eigenvalue weighted by Gasteiger charge is -2.49. The number of thioether (sulfide) groups is 1. The SMILES string of the molecule is CC(=O)NC1(C(=O)O)N2C(=O)C(Oc3ccccc3)[C@H]2SC1(C)C. The Bertz CT molecular complexity index is 708. The summed E-state index contributed by atoms with van der Waals surface area (Å²) in [6.07, 6.45) is -0.772. The number of rotatable bonds is 4. The van der Waals surface area contributed by atoms with Gasteiger partial charge in [-0.05, 0) is 26.0 Å². The second kappa shape index (κ2) is 5.41. The van der Waals surface area contributed by atoms with Crippen LogP contribution in [0.1, 0.15) is 20.8 Å². The second-order valence-corrected chi connectivity index (χ2v) is 8.01. The predicted octanol–water partition coefficient (Wildman–Crippen LogP) is 1.04. The molecule has 2 aliphatic heterocycles. The van der Waals surface area contributed by atoms with Crippen molar-refractivity contribution in [2.75, 3.05) is 0 Å². The van der Waals surface area contributed by atoms with Gasteiger partial charge in [-0.3, -0.25) is 14.5 Å². The van der Waals surface area contributed by atoms with E-state index in [1.807, 2.05) is 6.07 Å². The van der Waals surface area contributed by atoms with Crippen molar-refractivity contribution in [3.8, 4) is 5.75 Å². The largest absolute Gasteiger partial charge is 0.478 e. The summed E-state index contributed by atoms with van der Waals surface area (Å²) in [5.74, 6) is -1.67. The zero-order chi connectivity index (χ0) is 17.7. The maximum absolute atomic E-state index is 12.6. The highest BCUT2D eigenvalue weighted by Crippen LogP contribution is 2.56. The summed E-state index contributed by atoms with van der Waals surface area (Å²) in [5, 5.41) is 11.8. The van der Waals surface area contributed by atoms with Gasteiger partial charge in [0, 0.05) is 6.92 Å². The second-order valence-electron chi connectivity index (χ2n) is 6.28. The highest BCUT2D eigenvalue weighted by molar-refractivity contribution is 8.01. The highest BCUT2D eigenvalue weighted by Gasteiger charge is 2.74. The van der Waals surface area contributed by atoms with Gasteiger partial charge in [0.2, 0.25) is 17.7 Å². The van der Waals surface area contributed by atoms with Gasteiger partial charge in [-0.1, -0.05) is 18.2 Å². The van der Waals surface area contributed by atoms with Crippen LogP contribution in [0.25, 0.3) is 0 Å². The Morgan fingerprint density at radius 3 is 2.46 bits per heavy atom. The molecule has 3 atom stereocenters. The van der Waals surface area contributed by atoms with Crippen molar-refractivity contribution < 1.29 is 24.2 Å². The lowest BCUT2D eigenvalue weighted by Crippen LogP contribution is -2.78. The molecule has 7 nitrogen and oxygen atoms in total. The zero-order valence-corrected chi connectivity index (χ0v) is 14.3. The van der Waals surface area contributed by atoms with Gasteiger partial charge >= 0.3 is 5.97 Å². The van der Waals surface area contributed by atoms with E-state index in [0.29, 0.717) is 5.75 Å². The molecule has 128 valence electrons. The molecule has 0 aromatic heterocycles. The van der Waals surface area contributed by atoms with Crippen LogP contribution in [0, 0.1) is 0 Å². The zero-order valence-electron chi connectivity index (χ0n) is 13.5. The Labute approximate surface area is 143 Å². The summed E-state index contributed by atoms with van der Waals surface area (Å²) in [6.45, 7) is 4.64. The lowest BCUT2D eigenvalue weighted by molar-refractivity contribution is -0.182. The van der Waals surface area contributed by atoms with Crippen molar-refractivity contribution in [2.24, 2.45) is 0 Å². The molecule has 2 unspecified atom stereocenters. The van der Waals surface area contributed by atoms with Crippen molar-refractivity contribution in [1.82, 2.24) is 10.2 Å². The molecule has 2 fully saturated rings. The highest BCUT2D eigenvalue weighted by atomic mass is 32.2. The van der Waals surface area contributed by atoms with Gasteiger partial charge in [-0.25, -0.2) is 4.79 Å². The van der Waals surface area contributed by atoms with Crippen molar-refractivity contribution in [3.63, 3.8) is 0 Å². The molecule has 8 heteroatoms. The van der Waals surface area contributed by atoms with E-state index in [2.05, 4.69) is 5.32 Å². The summed E-state index contributed by atoms with van der Waals surface area (Å²) in [6, 6.07) is 8.89. The number of hydrogen-bond acceptors (Lipinski definition) is 5. The molecule has 3 rings (SSSR count). The Kier molecular flexibility index (Phi) is 3.75. The predicted molar refractivity (Wildman–Crippen MR) is 87.3 cm³/mol. The molecular formula is C16H18N2O5S. The van der Waals surface area contributed by atoms with E-state index in [0.717, 1.165) is 0 Å². The number of hydrogen-bond donors (Lipinski definition) is 2. The van der Waals surface area contributed by atoms with Crippen LogP contribution in [0.5, 0.6) is 5.75 Å². The van der Waals surface area contributed by atoms with Crippen LogP contribution in [-0.4, -0.2) is 49.7 Å². The minimum absolute atomic E-state index is 0.446. The lowest BCUT2D eigenvalue weighted by atomic mass is 9.89. The molecule has 2 N–H and O–H groups in total.